The summed E-state index contributed by atoms with van der Waals surface area (Å²) in [5.74, 6) is 1.39. The maximum Gasteiger partial charge on any atom is 0.320 e. The molecule has 0 radical (unpaired) electrons. The van der Waals surface area contributed by atoms with E-state index in [1.54, 1.807) is 0 Å². The number of hydrogen-bond donors (Lipinski definition) is 2. The van der Waals surface area contributed by atoms with Crippen LogP contribution in [-0.2, 0) is 4.79 Å². The molecule has 2 heterocycles. The Morgan fingerprint density at radius 1 is 1.00 bits per heavy atom. The number of piperazine rings is 1. The number of benzene rings is 1. The Labute approximate surface area is 208 Å². The smallest absolute Gasteiger partial charge is 0.320 e. The molecule has 4 aliphatic carbocycles. The lowest BCUT2D eigenvalue weighted by Gasteiger charge is -2.58. The first kappa shape index (κ1) is 23.1. The topological polar surface area (TPSA) is 76.1 Å². The highest BCUT2D eigenvalue weighted by Gasteiger charge is 2.58. The second kappa shape index (κ2) is 8.99. The second-order valence-electron chi connectivity index (χ2n) is 12.1. The van der Waals surface area contributed by atoms with Crippen LogP contribution in [0.2, 0.25) is 0 Å². The van der Waals surface area contributed by atoms with Crippen LogP contribution in [0.3, 0.4) is 0 Å². The van der Waals surface area contributed by atoms with Crippen LogP contribution in [0.1, 0.15) is 50.5 Å². The van der Waals surface area contributed by atoms with Gasteiger partial charge >= 0.3 is 6.03 Å². The monoisotopic (exact) mass is 480 g/mol. The third-order valence-electron chi connectivity index (χ3n) is 9.65. The van der Waals surface area contributed by atoms with E-state index in [-0.39, 0.29) is 29.5 Å². The summed E-state index contributed by atoms with van der Waals surface area (Å²) in [4.78, 5) is 33.2. The zero-order valence-corrected chi connectivity index (χ0v) is 21.0. The first-order chi connectivity index (χ1) is 16.9. The highest BCUT2D eigenvalue weighted by Crippen LogP contribution is 2.60. The molecule has 6 aliphatic rings. The number of nitrogens with one attached hydrogen (secondary N) is 1. The summed E-state index contributed by atoms with van der Waals surface area (Å²) in [6.07, 6.45) is 6.51. The average molecular weight is 481 g/mol. The minimum atomic E-state index is -0.284. The molecule has 0 aromatic heterocycles. The standard InChI is InChI=1S/C28H40N4O3/c1-19-4-2-6-24(12-19)30-8-10-31(11-9-30)27(35)32-7-3-5-23(18-32)29-26(34)28-15-20-13-21(16-28)25(33)22(14-20)17-28/h2,4,6,12,20-23,25,33H,3,5,7-11,13-18H2,1H3,(H,29,34)/t20?,21?,22?,23-,25?,28?/m0/s1. The van der Waals surface area contributed by atoms with Crippen molar-refractivity contribution in [2.75, 3.05) is 44.2 Å². The Hall–Kier alpha value is -2.28. The summed E-state index contributed by atoms with van der Waals surface area (Å²) in [7, 11) is 0. The lowest BCUT2D eigenvalue weighted by Crippen LogP contribution is -2.61. The summed E-state index contributed by atoms with van der Waals surface area (Å²) in [5, 5.41) is 13.9. The van der Waals surface area contributed by atoms with Gasteiger partial charge in [-0.3, -0.25) is 4.79 Å². The van der Waals surface area contributed by atoms with E-state index in [1.807, 2.05) is 9.80 Å². The molecule has 7 nitrogen and oxygen atoms in total. The number of piperidine rings is 1. The van der Waals surface area contributed by atoms with Crippen LogP contribution < -0.4 is 10.2 Å². The number of hydrogen-bond acceptors (Lipinski definition) is 4. The van der Waals surface area contributed by atoms with Crippen LogP contribution in [-0.4, -0.2) is 78.3 Å². The lowest BCUT2D eigenvalue weighted by molar-refractivity contribution is -0.163. The van der Waals surface area contributed by atoms with E-state index in [0.29, 0.717) is 24.3 Å². The summed E-state index contributed by atoms with van der Waals surface area (Å²) in [5.41, 5.74) is 2.20. The van der Waals surface area contributed by atoms with Gasteiger partial charge in [-0.15, -0.1) is 0 Å². The minimum Gasteiger partial charge on any atom is -0.393 e. The van der Waals surface area contributed by atoms with Crippen LogP contribution in [0.5, 0.6) is 0 Å². The molecule has 2 saturated heterocycles. The van der Waals surface area contributed by atoms with Crippen molar-refractivity contribution in [3.8, 4) is 0 Å². The Morgan fingerprint density at radius 3 is 2.46 bits per heavy atom. The Morgan fingerprint density at radius 2 is 1.74 bits per heavy atom. The molecule has 7 rings (SSSR count). The van der Waals surface area contributed by atoms with Crippen molar-refractivity contribution < 1.29 is 14.7 Å². The van der Waals surface area contributed by atoms with Gasteiger partial charge in [-0.05, 0) is 87.3 Å². The molecule has 1 aromatic carbocycles. The Kier molecular flexibility index (Phi) is 5.94. The fourth-order valence-electron chi connectivity index (χ4n) is 8.06. The number of carbonyl (C=O) groups excluding carboxylic acids is 2. The molecule has 1 aromatic rings. The van der Waals surface area contributed by atoms with E-state index in [1.165, 1.54) is 11.3 Å². The lowest BCUT2D eigenvalue weighted by atomic mass is 9.48. The van der Waals surface area contributed by atoms with Gasteiger partial charge in [0.2, 0.25) is 5.91 Å². The van der Waals surface area contributed by atoms with Gasteiger partial charge in [0.25, 0.3) is 0 Å². The first-order valence-electron chi connectivity index (χ1n) is 13.7. The van der Waals surface area contributed by atoms with Crippen LogP contribution in [0.4, 0.5) is 10.5 Å². The quantitative estimate of drug-likeness (QED) is 0.697. The van der Waals surface area contributed by atoms with Crippen molar-refractivity contribution in [2.45, 2.75) is 64.0 Å². The number of rotatable bonds is 3. The molecule has 2 N–H and O–H groups in total. The van der Waals surface area contributed by atoms with Gasteiger partial charge in [0, 0.05) is 51.0 Å². The van der Waals surface area contributed by atoms with Crippen LogP contribution in [0, 0.1) is 30.1 Å². The van der Waals surface area contributed by atoms with E-state index in [2.05, 4.69) is 41.4 Å². The fourth-order valence-corrected chi connectivity index (χ4v) is 8.06. The number of aliphatic hydroxyl groups excluding tert-OH is 1. The molecule has 3 amide bonds. The van der Waals surface area contributed by atoms with Crippen molar-refractivity contribution in [3.05, 3.63) is 29.8 Å². The zero-order valence-electron chi connectivity index (χ0n) is 21.0. The number of aryl methyl sites for hydroxylation is 1. The molecule has 2 unspecified atom stereocenters. The molecule has 3 atom stereocenters. The van der Waals surface area contributed by atoms with Crippen molar-refractivity contribution in [2.24, 2.45) is 23.2 Å². The molecule has 190 valence electrons. The van der Waals surface area contributed by atoms with Gasteiger partial charge in [-0.1, -0.05) is 12.1 Å². The van der Waals surface area contributed by atoms with E-state index < -0.39 is 0 Å². The molecule has 4 saturated carbocycles. The van der Waals surface area contributed by atoms with Gasteiger partial charge in [0.1, 0.15) is 0 Å². The third kappa shape index (κ3) is 4.30. The van der Waals surface area contributed by atoms with E-state index in [0.717, 1.165) is 77.7 Å². The fraction of sp³-hybridized carbons (Fsp3) is 0.714. The number of anilines is 1. The Bertz CT molecular complexity index is 959. The van der Waals surface area contributed by atoms with Crippen molar-refractivity contribution in [1.82, 2.24) is 15.1 Å². The predicted molar refractivity (Wildman–Crippen MR) is 135 cm³/mol. The summed E-state index contributed by atoms with van der Waals surface area (Å²) < 4.78 is 0. The molecule has 35 heavy (non-hydrogen) atoms. The summed E-state index contributed by atoms with van der Waals surface area (Å²) in [6, 6.07) is 8.71. The number of nitrogens with zero attached hydrogens (tertiary/aromatic N) is 3. The molecule has 2 aliphatic heterocycles. The number of carbonyl (C=O) groups is 2. The number of likely N-dealkylation sites (tertiary alicyclic amines) is 1. The third-order valence-corrected chi connectivity index (χ3v) is 9.65. The highest BCUT2D eigenvalue weighted by molar-refractivity contribution is 5.83. The SMILES string of the molecule is Cc1cccc(N2CCN(C(=O)N3CCC[C@H](NC(=O)C45CC6CC(C4)C(O)C(C6)C5)C3)CC2)c1. The van der Waals surface area contributed by atoms with E-state index in [9.17, 15) is 14.7 Å². The molecule has 7 heteroatoms. The maximum absolute atomic E-state index is 13.5. The van der Waals surface area contributed by atoms with Crippen molar-refractivity contribution in [3.63, 3.8) is 0 Å². The molecule has 6 fully saturated rings. The maximum atomic E-state index is 13.5. The zero-order chi connectivity index (χ0) is 24.2. The van der Waals surface area contributed by atoms with Gasteiger partial charge in [0.15, 0.2) is 0 Å². The number of amides is 3. The van der Waals surface area contributed by atoms with Gasteiger partial charge in [0.05, 0.1) is 11.5 Å². The average Bonchev–Trinajstić information content (AvgIpc) is 2.86. The Balaban J connectivity index is 1.04. The van der Waals surface area contributed by atoms with Gasteiger partial charge in [-0.2, -0.15) is 0 Å². The number of urea groups is 1. The van der Waals surface area contributed by atoms with Gasteiger partial charge < -0.3 is 25.1 Å². The van der Waals surface area contributed by atoms with Crippen LogP contribution in [0.25, 0.3) is 0 Å². The molecular weight excluding hydrogens is 440 g/mol. The molecular formula is C28H40N4O3. The van der Waals surface area contributed by atoms with Gasteiger partial charge in [-0.25, -0.2) is 4.79 Å². The predicted octanol–water partition coefficient (Wildman–Crippen LogP) is 3.00. The van der Waals surface area contributed by atoms with Crippen LogP contribution in [0.15, 0.2) is 24.3 Å². The van der Waals surface area contributed by atoms with E-state index in [4.69, 9.17) is 0 Å². The molecule has 0 spiro atoms. The highest BCUT2D eigenvalue weighted by atomic mass is 16.3. The molecule has 4 bridgehead atoms. The number of aliphatic hydroxyl groups is 1. The summed E-state index contributed by atoms with van der Waals surface area (Å²) in [6.45, 7) is 6.65. The van der Waals surface area contributed by atoms with E-state index >= 15 is 0 Å². The van der Waals surface area contributed by atoms with Crippen molar-refractivity contribution in [1.29, 1.82) is 0 Å². The van der Waals surface area contributed by atoms with Crippen LogP contribution >= 0.6 is 0 Å². The summed E-state index contributed by atoms with van der Waals surface area (Å²) >= 11 is 0. The largest absolute Gasteiger partial charge is 0.393 e. The second-order valence-corrected chi connectivity index (χ2v) is 12.1. The van der Waals surface area contributed by atoms with Crippen molar-refractivity contribution >= 4 is 17.6 Å². The minimum absolute atomic E-state index is 0.0340. The first-order valence-corrected chi connectivity index (χ1v) is 13.7. The normalized spacial score (nSPS) is 36.4.